The first-order chi connectivity index (χ1) is 9.03. The molecule has 11 heteroatoms. The van der Waals surface area contributed by atoms with Crippen LogP contribution in [0.25, 0.3) is 0 Å². The number of anilines is 2. The van der Waals surface area contributed by atoms with Gasteiger partial charge >= 0.3 is 5.69 Å². The Kier molecular flexibility index (Phi) is 4.88. The molecule has 0 bridgehead atoms. The van der Waals surface area contributed by atoms with Crippen LogP contribution in [0.3, 0.4) is 0 Å². The van der Waals surface area contributed by atoms with Crippen LogP contribution in [-0.4, -0.2) is 55.6 Å². The van der Waals surface area contributed by atoms with E-state index in [1.54, 1.807) is 0 Å². The number of aliphatic hydroxyl groups excluding tert-OH is 3. The summed E-state index contributed by atoms with van der Waals surface area (Å²) in [5.74, 6) is 4.57. The fourth-order valence-corrected chi connectivity index (χ4v) is 1.27. The van der Waals surface area contributed by atoms with Crippen LogP contribution >= 0.6 is 0 Å². The molecule has 0 radical (unpaired) electrons. The number of nitrogens with one attached hydrogen (secondary N) is 2. The van der Waals surface area contributed by atoms with Crippen molar-refractivity contribution in [1.29, 1.82) is 0 Å². The molecule has 1 aromatic rings. The molecule has 0 aliphatic rings. The third-order valence-electron chi connectivity index (χ3n) is 2.43. The topological polar surface area (TPSA) is 180 Å². The number of nitrogen functional groups attached to an aromatic ring is 1. The Morgan fingerprint density at radius 2 is 1.79 bits per heavy atom. The Labute approximate surface area is 107 Å². The minimum atomic E-state index is -1.55. The van der Waals surface area contributed by atoms with Crippen molar-refractivity contribution in [2.75, 3.05) is 30.6 Å². The van der Waals surface area contributed by atoms with Gasteiger partial charge in [-0.05, 0) is 0 Å². The molecule has 1 heterocycles. The highest BCUT2D eigenvalue weighted by Gasteiger charge is 2.33. The first-order valence-electron chi connectivity index (χ1n) is 5.10. The number of rotatable bonds is 7. The number of hydrogen-bond donors (Lipinski definition) is 6. The van der Waals surface area contributed by atoms with Crippen molar-refractivity contribution in [2.45, 2.75) is 5.54 Å². The third-order valence-corrected chi connectivity index (χ3v) is 2.43. The second kappa shape index (κ2) is 6.19. The molecule has 106 valence electrons. The monoisotopic (exact) mass is 274 g/mol. The van der Waals surface area contributed by atoms with Gasteiger partial charge in [-0.1, -0.05) is 0 Å². The lowest BCUT2D eigenvalue weighted by molar-refractivity contribution is -0.383. The second-order valence-electron chi connectivity index (χ2n) is 3.70. The summed E-state index contributed by atoms with van der Waals surface area (Å²) in [4.78, 5) is 17.4. The number of aliphatic hydroxyl groups is 3. The summed E-state index contributed by atoms with van der Waals surface area (Å²) in [5.41, 5.74) is -0.0788. The minimum Gasteiger partial charge on any atom is -0.394 e. The number of aromatic nitrogens is 2. The Bertz CT molecular complexity index is 443. The second-order valence-corrected chi connectivity index (χ2v) is 3.70. The Hall–Kier alpha value is -2.08. The van der Waals surface area contributed by atoms with Gasteiger partial charge in [0.1, 0.15) is 11.9 Å². The molecule has 19 heavy (non-hydrogen) atoms. The molecular weight excluding hydrogens is 260 g/mol. The first kappa shape index (κ1) is 15.0. The summed E-state index contributed by atoms with van der Waals surface area (Å²) in [6.07, 6.45) is 1.00. The van der Waals surface area contributed by atoms with Gasteiger partial charge in [0, 0.05) is 0 Å². The van der Waals surface area contributed by atoms with E-state index in [4.69, 9.17) is 21.2 Å². The van der Waals surface area contributed by atoms with Crippen LogP contribution in [-0.2, 0) is 0 Å². The van der Waals surface area contributed by atoms with E-state index in [-0.39, 0.29) is 11.6 Å². The zero-order valence-corrected chi connectivity index (χ0v) is 9.78. The highest BCUT2D eigenvalue weighted by molar-refractivity contribution is 5.69. The van der Waals surface area contributed by atoms with E-state index >= 15 is 0 Å². The Morgan fingerprint density at radius 1 is 1.26 bits per heavy atom. The van der Waals surface area contributed by atoms with Gasteiger partial charge in [-0.3, -0.25) is 10.1 Å². The molecule has 7 N–H and O–H groups in total. The standard InChI is InChI=1S/C8H14N6O5/c9-13-7-5(14(18)19)6(10-4-11-7)12-8(1-15,2-16)3-17/h4,15-17H,1-3,9H2,(H2,10,11,12,13). The van der Waals surface area contributed by atoms with Crippen LogP contribution < -0.4 is 16.6 Å². The Morgan fingerprint density at radius 3 is 2.21 bits per heavy atom. The summed E-state index contributed by atoms with van der Waals surface area (Å²) in [7, 11) is 0. The van der Waals surface area contributed by atoms with Gasteiger partial charge in [-0.25, -0.2) is 15.8 Å². The number of nitro groups is 1. The van der Waals surface area contributed by atoms with Crippen LogP contribution in [0.1, 0.15) is 0 Å². The fraction of sp³-hybridized carbons (Fsp3) is 0.500. The molecule has 1 aromatic heterocycles. The summed E-state index contributed by atoms with van der Waals surface area (Å²) in [5, 5.41) is 40.9. The number of hydrogen-bond acceptors (Lipinski definition) is 10. The smallest absolute Gasteiger partial charge is 0.354 e. The van der Waals surface area contributed by atoms with Crippen LogP contribution in [0.5, 0.6) is 0 Å². The van der Waals surface area contributed by atoms with Gasteiger partial charge in [0.25, 0.3) is 0 Å². The summed E-state index contributed by atoms with van der Waals surface area (Å²) < 4.78 is 0. The largest absolute Gasteiger partial charge is 0.394 e. The van der Waals surface area contributed by atoms with Crippen molar-refractivity contribution in [3.8, 4) is 0 Å². The van der Waals surface area contributed by atoms with Crippen LogP contribution in [0.15, 0.2) is 6.33 Å². The van der Waals surface area contributed by atoms with Crippen LogP contribution in [0.4, 0.5) is 17.3 Å². The molecule has 0 saturated carbocycles. The minimum absolute atomic E-state index is 0.245. The fourth-order valence-electron chi connectivity index (χ4n) is 1.27. The average molecular weight is 274 g/mol. The van der Waals surface area contributed by atoms with Gasteiger partial charge in [0.15, 0.2) is 0 Å². The van der Waals surface area contributed by atoms with Gasteiger partial charge in [0.2, 0.25) is 11.6 Å². The predicted octanol–water partition coefficient (Wildman–Crippen LogP) is -2.20. The summed E-state index contributed by atoms with van der Waals surface area (Å²) >= 11 is 0. The van der Waals surface area contributed by atoms with Crippen molar-refractivity contribution in [2.24, 2.45) is 5.84 Å². The molecule has 0 amide bonds. The molecule has 0 aliphatic heterocycles. The van der Waals surface area contributed by atoms with Crippen LogP contribution in [0.2, 0.25) is 0 Å². The van der Waals surface area contributed by atoms with Crippen molar-refractivity contribution >= 4 is 17.3 Å². The molecule has 0 spiro atoms. The SMILES string of the molecule is NNc1ncnc(NC(CO)(CO)CO)c1[N+](=O)[O-]. The maximum Gasteiger partial charge on any atom is 0.354 e. The van der Waals surface area contributed by atoms with E-state index < -0.39 is 36.0 Å². The molecule has 0 aromatic carbocycles. The van der Waals surface area contributed by atoms with Gasteiger partial charge in [-0.15, -0.1) is 0 Å². The van der Waals surface area contributed by atoms with Gasteiger partial charge < -0.3 is 26.1 Å². The van der Waals surface area contributed by atoms with Crippen LogP contribution in [0, 0.1) is 10.1 Å². The summed E-state index contributed by atoms with van der Waals surface area (Å²) in [6, 6.07) is 0. The lowest BCUT2D eigenvalue weighted by atomic mass is 10.0. The summed E-state index contributed by atoms with van der Waals surface area (Å²) in [6.45, 7) is -1.98. The van der Waals surface area contributed by atoms with E-state index in [2.05, 4.69) is 15.3 Å². The molecule has 0 saturated heterocycles. The Balaban J connectivity index is 3.23. The maximum atomic E-state index is 11.0. The predicted molar refractivity (Wildman–Crippen MR) is 64.1 cm³/mol. The van der Waals surface area contributed by atoms with E-state index in [0.717, 1.165) is 6.33 Å². The number of hydrazine groups is 1. The van der Waals surface area contributed by atoms with Crippen molar-refractivity contribution in [1.82, 2.24) is 9.97 Å². The van der Waals surface area contributed by atoms with Crippen molar-refractivity contribution in [3.05, 3.63) is 16.4 Å². The first-order valence-corrected chi connectivity index (χ1v) is 5.10. The molecule has 0 atom stereocenters. The highest BCUT2D eigenvalue weighted by atomic mass is 16.6. The molecule has 0 unspecified atom stereocenters. The van der Waals surface area contributed by atoms with E-state index in [1.807, 2.05) is 5.43 Å². The van der Waals surface area contributed by atoms with Gasteiger partial charge in [0.05, 0.1) is 24.7 Å². The highest BCUT2D eigenvalue weighted by Crippen LogP contribution is 2.29. The van der Waals surface area contributed by atoms with E-state index in [0.29, 0.717) is 0 Å². The molecule has 0 aliphatic carbocycles. The quantitative estimate of drug-likeness (QED) is 0.181. The zero-order chi connectivity index (χ0) is 14.5. The lowest BCUT2D eigenvalue weighted by Gasteiger charge is -2.28. The zero-order valence-electron chi connectivity index (χ0n) is 9.78. The van der Waals surface area contributed by atoms with E-state index in [1.165, 1.54) is 0 Å². The molecule has 1 rings (SSSR count). The number of nitrogens with zero attached hydrogens (tertiary/aromatic N) is 3. The normalized spacial score (nSPS) is 11.2. The average Bonchev–Trinajstić information content (AvgIpc) is 2.44. The molecule has 0 fully saturated rings. The van der Waals surface area contributed by atoms with Crippen molar-refractivity contribution < 1.29 is 20.2 Å². The van der Waals surface area contributed by atoms with E-state index in [9.17, 15) is 10.1 Å². The van der Waals surface area contributed by atoms with Gasteiger partial charge in [-0.2, -0.15) is 0 Å². The lowest BCUT2D eigenvalue weighted by Crippen LogP contribution is -2.49. The molecular formula is C8H14N6O5. The maximum absolute atomic E-state index is 11.0. The third kappa shape index (κ3) is 3.03. The number of nitrogens with two attached hydrogens (primary N) is 1. The van der Waals surface area contributed by atoms with Crippen molar-refractivity contribution in [3.63, 3.8) is 0 Å². The molecule has 11 nitrogen and oxygen atoms in total.